The van der Waals surface area contributed by atoms with E-state index in [0.717, 1.165) is 0 Å². The van der Waals surface area contributed by atoms with Gasteiger partial charge in [0.1, 0.15) is 6.61 Å². The van der Waals surface area contributed by atoms with Gasteiger partial charge in [-0.15, -0.1) is 0 Å². The zero-order chi connectivity index (χ0) is 8.23. The Morgan fingerprint density at radius 3 is 2.33 bits per heavy atom. The maximum Gasteiger partial charge on any atom is 0.243 e. The zero-order valence-corrected chi connectivity index (χ0v) is 6.43. The molecule has 0 saturated carbocycles. The molecule has 0 aliphatic carbocycles. The molecule has 1 unspecified atom stereocenters. The van der Waals surface area contributed by atoms with Gasteiger partial charge in [-0.1, -0.05) is 0 Å². The van der Waals surface area contributed by atoms with Crippen molar-refractivity contribution in [1.82, 2.24) is 0 Å². The predicted molar refractivity (Wildman–Crippen MR) is 33.6 cm³/mol. The molecular formula is C6H10O6. The lowest BCUT2D eigenvalue weighted by molar-refractivity contribution is -0.470. The predicted octanol–water partition coefficient (Wildman–Crippen LogP) is -0.405. The number of ether oxygens (including phenoxy) is 4. The van der Waals surface area contributed by atoms with Crippen LogP contribution in [0.1, 0.15) is 0 Å². The Labute approximate surface area is 69.2 Å². The van der Waals surface area contributed by atoms with E-state index in [0.29, 0.717) is 13.2 Å². The molecular weight excluding hydrogens is 168 g/mol. The van der Waals surface area contributed by atoms with Crippen LogP contribution in [-0.4, -0.2) is 39.4 Å². The summed E-state index contributed by atoms with van der Waals surface area (Å²) in [5.41, 5.74) is 0. The molecule has 2 aliphatic heterocycles. The van der Waals surface area contributed by atoms with E-state index in [1.165, 1.54) is 0 Å². The Hall–Kier alpha value is -0.240. The van der Waals surface area contributed by atoms with Gasteiger partial charge in [0, 0.05) is 0 Å². The van der Waals surface area contributed by atoms with E-state index >= 15 is 0 Å². The van der Waals surface area contributed by atoms with Gasteiger partial charge in [-0.05, 0) is 0 Å². The fraction of sp³-hybridized carbons (Fsp3) is 1.00. The number of rotatable bonds is 1. The number of hydrogen-bond donors (Lipinski definition) is 0. The summed E-state index contributed by atoms with van der Waals surface area (Å²) in [6, 6.07) is 0. The minimum atomic E-state index is -0.609. The Morgan fingerprint density at radius 1 is 0.833 bits per heavy atom. The molecule has 2 saturated heterocycles. The van der Waals surface area contributed by atoms with Crippen molar-refractivity contribution >= 4 is 0 Å². The van der Waals surface area contributed by atoms with E-state index in [2.05, 4.69) is 0 Å². The van der Waals surface area contributed by atoms with Gasteiger partial charge in [-0.25, -0.2) is 4.89 Å². The van der Waals surface area contributed by atoms with Crippen LogP contribution < -0.4 is 0 Å². The molecule has 2 heterocycles. The average molecular weight is 178 g/mol. The van der Waals surface area contributed by atoms with E-state index in [9.17, 15) is 0 Å². The smallest absolute Gasteiger partial charge is 0.243 e. The molecule has 0 aromatic carbocycles. The zero-order valence-electron chi connectivity index (χ0n) is 6.43. The second-order valence-electron chi connectivity index (χ2n) is 2.30. The summed E-state index contributed by atoms with van der Waals surface area (Å²) in [5, 5.41) is 0. The highest BCUT2D eigenvalue weighted by Gasteiger charge is 2.30. The first-order chi connectivity index (χ1) is 5.97. The summed E-state index contributed by atoms with van der Waals surface area (Å²) in [7, 11) is 0. The summed E-state index contributed by atoms with van der Waals surface area (Å²) < 4.78 is 20.0. The largest absolute Gasteiger partial charge is 0.343 e. The van der Waals surface area contributed by atoms with Crippen molar-refractivity contribution in [2.75, 3.05) is 26.8 Å². The molecule has 70 valence electrons. The molecule has 0 radical (unpaired) electrons. The van der Waals surface area contributed by atoms with E-state index in [1.807, 2.05) is 0 Å². The van der Waals surface area contributed by atoms with Crippen LogP contribution in [-0.2, 0) is 28.7 Å². The van der Waals surface area contributed by atoms with Gasteiger partial charge in [0.05, 0.1) is 6.61 Å². The summed E-state index contributed by atoms with van der Waals surface area (Å²) in [5.74, 6) is 0. The molecule has 2 fully saturated rings. The van der Waals surface area contributed by atoms with E-state index in [4.69, 9.17) is 28.7 Å². The molecule has 0 amide bonds. The van der Waals surface area contributed by atoms with Crippen LogP contribution in [0.15, 0.2) is 0 Å². The minimum Gasteiger partial charge on any atom is -0.343 e. The third-order valence-electron chi connectivity index (χ3n) is 1.47. The highest BCUT2D eigenvalue weighted by molar-refractivity contribution is 4.52. The molecule has 2 rings (SSSR count). The third-order valence-corrected chi connectivity index (χ3v) is 1.47. The molecule has 0 aromatic rings. The van der Waals surface area contributed by atoms with Gasteiger partial charge in [-0.3, -0.25) is 0 Å². The summed E-state index contributed by atoms with van der Waals surface area (Å²) in [4.78, 5) is 9.50. The monoisotopic (exact) mass is 178 g/mol. The third kappa shape index (κ3) is 1.92. The average Bonchev–Trinajstić information content (AvgIpc) is 2.21. The molecule has 1 atom stereocenters. The van der Waals surface area contributed by atoms with Gasteiger partial charge in [-0.2, -0.15) is 4.89 Å². The lowest BCUT2D eigenvalue weighted by Crippen LogP contribution is -2.43. The summed E-state index contributed by atoms with van der Waals surface area (Å²) in [6.07, 6.45) is -1.17. The van der Waals surface area contributed by atoms with Gasteiger partial charge in [0.15, 0.2) is 13.6 Å². The van der Waals surface area contributed by atoms with E-state index < -0.39 is 12.6 Å². The molecule has 0 aromatic heterocycles. The van der Waals surface area contributed by atoms with Crippen molar-refractivity contribution in [3.05, 3.63) is 0 Å². The quantitative estimate of drug-likeness (QED) is 0.509. The lowest BCUT2D eigenvalue weighted by atomic mass is 10.6. The number of hydrogen-bond acceptors (Lipinski definition) is 6. The molecule has 12 heavy (non-hydrogen) atoms. The first-order valence-corrected chi connectivity index (χ1v) is 3.67. The van der Waals surface area contributed by atoms with Crippen molar-refractivity contribution < 1.29 is 28.7 Å². The van der Waals surface area contributed by atoms with Crippen LogP contribution in [0.5, 0.6) is 0 Å². The van der Waals surface area contributed by atoms with Gasteiger partial charge >= 0.3 is 0 Å². The Kier molecular flexibility index (Phi) is 2.88. The fourth-order valence-corrected chi connectivity index (χ4v) is 0.935. The lowest BCUT2D eigenvalue weighted by Gasteiger charge is -2.30. The molecule has 0 bridgehead atoms. The van der Waals surface area contributed by atoms with Crippen molar-refractivity contribution in [2.24, 2.45) is 0 Å². The minimum absolute atomic E-state index is 0.188. The van der Waals surface area contributed by atoms with E-state index in [1.54, 1.807) is 0 Å². The highest BCUT2D eigenvalue weighted by atomic mass is 17.2. The molecule has 0 spiro atoms. The molecule has 6 heteroatoms. The first kappa shape index (κ1) is 8.36. The maximum atomic E-state index is 5.16. The SMILES string of the molecule is C1COC(C2OCOCO2)OO1. The van der Waals surface area contributed by atoms with E-state index in [-0.39, 0.29) is 13.6 Å². The Bertz CT molecular complexity index is 112. The summed E-state index contributed by atoms with van der Waals surface area (Å²) in [6.45, 7) is 1.29. The van der Waals surface area contributed by atoms with Crippen molar-refractivity contribution in [3.8, 4) is 0 Å². The molecule has 6 nitrogen and oxygen atoms in total. The Morgan fingerprint density at radius 2 is 1.67 bits per heavy atom. The summed E-state index contributed by atoms with van der Waals surface area (Å²) >= 11 is 0. The van der Waals surface area contributed by atoms with Crippen molar-refractivity contribution in [1.29, 1.82) is 0 Å². The first-order valence-electron chi connectivity index (χ1n) is 3.67. The standard InChI is InChI=1S/C6H10O6/c1-2-11-12-6(8-1)5-9-3-7-4-10-5/h5-6H,1-4H2. The van der Waals surface area contributed by atoms with Crippen LogP contribution >= 0.6 is 0 Å². The van der Waals surface area contributed by atoms with Crippen molar-refractivity contribution in [3.63, 3.8) is 0 Å². The van der Waals surface area contributed by atoms with Crippen LogP contribution in [0.4, 0.5) is 0 Å². The normalized spacial score (nSPS) is 33.5. The second kappa shape index (κ2) is 4.13. The second-order valence-corrected chi connectivity index (χ2v) is 2.30. The van der Waals surface area contributed by atoms with Crippen LogP contribution in [0, 0.1) is 0 Å². The van der Waals surface area contributed by atoms with Crippen LogP contribution in [0.25, 0.3) is 0 Å². The van der Waals surface area contributed by atoms with Crippen molar-refractivity contribution in [2.45, 2.75) is 12.6 Å². The van der Waals surface area contributed by atoms with Crippen LogP contribution in [0.3, 0.4) is 0 Å². The topological polar surface area (TPSA) is 55.4 Å². The van der Waals surface area contributed by atoms with Gasteiger partial charge in [0.2, 0.25) is 12.6 Å². The Balaban J connectivity index is 1.80. The van der Waals surface area contributed by atoms with Crippen LogP contribution in [0.2, 0.25) is 0 Å². The molecule has 2 aliphatic rings. The molecule has 0 N–H and O–H groups in total. The van der Waals surface area contributed by atoms with Gasteiger partial charge in [0.25, 0.3) is 0 Å². The maximum absolute atomic E-state index is 5.16. The fourth-order valence-electron chi connectivity index (χ4n) is 0.935. The highest BCUT2D eigenvalue weighted by Crippen LogP contribution is 2.14. The van der Waals surface area contributed by atoms with Gasteiger partial charge < -0.3 is 18.9 Å².